The summed E-state index contributed by atoms with van der Waals surface area (Å²) in [6, 6.07) is 1.76. The first-order valence-corrected chi connectivity index (χ1v) is 4.28. The van der Waals surface area contributed by atoms with Gasteiger partial charge in [-0.3, -0.25) is 0 Å². The molecule has 0 spiro atoms. The van der Waals surface area contributed by atoms with Gasteiger partial charge in [0.1, 0.15) is 5.15 Å². The lowest BCUT2D eigenvalue weighted by molar-refractivity contribution is 0.833. The summed E-state index contributed by atoms with van der Waals surface area (Å²) in [5.74, 6) is 0.451. The number of aromatic nitrogens is 1. The number of hydrogen-bond acceptors (Lipinski definition) is 2. The average molecular weight is 188 g/mol. The van der Waals surface area contributed by atoms with Gasteiger partial charge in [-0.1, -0.05) is 25.4 Å². The fraction of sp³-hybridized carbons (Fsp3) is 0.375. The van der Waals surface area contributed by atoms with Crippen LogP contribution in [0, 0.1) is 0 Å². The van der Waals surface area contributed by atoms with Crippen molar-refractivity contribution in [1.82, 2.24) is 4.98 Å². The third-order valence-electron chi connectivity index (χ3n) is 1.50. The molecule has 1 aromatic heterocycles. The van der Waals surface area contributed by atoms with E-state index in [1.807, 2.05) is 0 Å². The molecule has 0 atom stereocenters. The van der Waals surface area contributed by atoms with E-state index < -0.39 is 0 Å². The van der Waals surface area contributed by atoms with Crippen LogP contribution < -0.4 is 0 Å². The topological polar surface area (TPSA) is 12.9 Å². The summed E-state index contributed by atoms with van der Waals surface area (Å²) >= 11 is 9.94. The van der Waals surface area contributed by atoms with Crippen LogP contribution in [0.1, 0.15) is 25.3 Å². The Hall–Kier alpha value is -0.210. The van der Waals surface area contributed by atoms with E-state index in [2.05, 4.69) is 31.5 Å². The smallest absolute Gasteiger partial charge is 0.130 e. The van der Waals surface area contributed by atoms with Crippen LogP contribution in [0.15, 0.2) is 17.2 Å². The van der Waals surface area contributed by atoms with Crippen LogP contribution in [0.25, 0.3) is 0 Å². The molecular weight excluding hydrogens is 178 g/mol. The predicted octanol–water partition coefficient (Wildman–Crippen LogP) is 3.15. The molecule has 1 heterocycles. The zero-order valence-electron chi connectivity index (χ0n) is 6.50. The van der Waals surface area contributed by atoms with Gasteiger partial charge in [0, 0.05) is 11.1 Å². The molecule has 0 fully saturated rings. The maximum absolute atomic E-state index is 5.66. The van der Waals surface area contributed by atoms with Crippen LogP contribution in [0.4, 0.5) is 0 Å². The molecule has 1 rings (SSSR count). The molecule has 0 saturated carbocycles. The number of pyridine rings is 1. The molecule has 11 heavy (non-hydrogen) atoms. The van der Waals surface area contributed by atoms with Crippen molar-refractivity contribution < 1.29 is 0 Å². The first-order valence-electron chi connectivity index (χ1n) is 3.45. The highest BCUT2D eigenvalue weighted by Gasteiger charge is 2.04. The number of hydrogen-bond donors (Lipinski definition) is 1. The second kappa shape index (κ2) is 3.46. The quantitative estimate of drug-likeness (QED) is 0.527. The largest absolute Gasteiger partial charge is 0.244 e. The van der Waals surface area contributed by atoms with E-state index in [0.29, 0.717) is 11.1 Å². The van der Waals surface area contributed by atoms with Crippen LogP contribution in [-0.2, 0) is 0 Å². The Balaban J connectivity index is 3.09. The van der Waals surface area contributed by atoms with Crippen molar-refractivity contribution in [2.75, 3.05) is 0 Å². The molecule has 1 nitrogen and oxygen atoms in total. The zero-order valence-corrected chi connectivity index (χ0v) is 8.15. The highest BCUT2D eigenvalue weighted by Crippen LogP contribution is 2.23. The Bertz CT molecular complexity index is 260. The summed E-state index contributed by atoms with van der Waals surface area (Å²) in [5.41, 5.74) is 1.14. The minimum absolute atomic E-state index is 0.451. The van der Waals surface area contributed by atoms with Crippen LogP contribution in [0.3, 0.4) is 0 Å². The van der Waals surface area contributed by atoms with Gasteiger partial charge >= 0.3 is 0 Å². The molecule has 0 unspecified atom stereocenters. The van der Waals surface area contributed by atoms with Crippen molar-refractivity contribution >= 4 is 24.2 Å². The Morgan fingerprint density at radius 1 is 1.55 bits per heavy atom. The van der Waals surface area contributed by atoms with Crippen molar-refractivity contribution in [2.45, 2.75) is 24.7 Å². The Kier molecular flexibility index (Phi) is 2.79. The third-order valence-corrected chi connectivity index (χ3v) is 2.09. The monoisotopic (exact) mass is 187 g/mol. The standard InChI is InChI=1S/C8H10ClNS/c1-5(2)6-4-10-8(9)3-7(6)11/h3-5H,1-2H3,(H,10,11). The fourth-order valence-corrected chi connectivity index (χ4v) is 1.55. The van der Waals surface area contributed by atoms with Crippen molar-refractivity contribution in [1.29, 1.82) is 0 Å². The normalized spacial score (nSPS) is 10.6. The fourth-order valence-electron chi connectivity index (χ4n) is 0.876. The number of halogens is 1. The summed E-state index contributed by atoms with van der Waals surface area (Å²) in [4.78, 5) is 4.89. The minimum atomic E-state index is 0.451. The molecule has 0 N–H and O–H groups in total. The molecule has 1 aromatic rings. The van der Waals surface area contributed by atoms with E-state index >= 15 is 0 Å². The molecular formula is C8H10ClNS. The van der Waals surface area contributed by atoms with Gasteiger partial charge in [-0.2, -0.15) is 0 Å². The summed E-state index contributed by atoms with van der Waals surface area (Å²) < 4.78 is 0. The Labute approximate surface area is 77.2 Å². The van der Waals surface area contributed by atoms with Crippen molar-refractivity contribution in [3.63, 3.8) is 0 Å². The van der Waals surface area contributed by atoms with Crippen LogP contribution in [0.2, 0.25) is 5.15 Å². The zero-order chi connectivity index (χ0) is 8.43. The molecule has 0 aliphatic heterocycles. The van der Waals surface area contributed by atoms with E-state index in [0.717, 1.165) is 10.5 Å². The van der Waals surface area contributed by atoms with Gasteiger partial charge < -0.3 is 0 Å². The molecule has 0 aliphatic carbocycles. The molecule has 0 radical (unpaired) electrons. The first kappa shape index (κ1) is 8.88. The lowest BCUT2D eigenvalue weighted by Gasteiger charge is -2.07. The minimum Gasteiger partial charge on any atom is -0.244 e. The van der Waals surface area contributed by atoms with E-state index in [9.17, 15) is 0 Å². The van der Waals surface area contributed by atoms with Crippen LogP contribution in [0.5, 0.6) is 0 Å². The highest BCUT2D eigenvalue weighted by atomic mass is 35.5. The maximum Gasteiger partial charge on any atom is 0.130 e. The van der Waals surface area contributed by atoms with Crippen molar-refractivity contribution in [3.8, 4) is 0 Å². The molecule has 0 bridgehead atoms. The SMILES string of the molecule is CC(C)c1cnc(Cl)cc1S. The van der Waals surface area contributed by atoms with Gasteiger partial charge in [0.15, 0.2) is 0 Å². The Morgan fingerprint density at radius 3 is 2.64 bits per heavy atom. The summed E-state index contributed by atoms with van der Waals surface area (Å²) in [7, 11) is 0. The van der Waals surface area contributed by atoms with Crippen LogP contribution in [-0.4, -0.2) is 4.98 Å². The molecule has 0 saturated heterocycles. The lowest BCUT2D eigenvalue weighted by Crippen LogP contribution is -1.90. The highest BCUT2D eigenvalue weighted by molar-refractivity contribution is 7.80. The third kappa shape index (κ3) is 2.11. The van der Waals surface area contributed by atoms with Gasteiger partial charge in [-0.15, -0.1) is 12.6 Å². The van der Waals surface area contributed by atoms with Gasteiger partial charge in [-0.25, -0.2) is 4.98 Å². The van der Waals surface area contributed by atoms with E-state index in [4.69, 9.17) is 11.6 Å². The molecule has 0 amide bonds. The molecule has 60 valence electrons. The second-order valence-electron chi connectivity index (χ2n) is 2.72. The summed E-state index contributed by atoms with van der Waals surface area (Å²) in [6.45, 7) is 4.20. The second-order valence-corrected chi connectivity index (χ2v) is 3.59. The van der Waals surface area contributed by atoms with Gasteiger partial charge in [0.25, 0.3) is 0 Å². The van der Waals surface area contributed by atoms with Crippen molar-refractivity contribution in [3.05, 3.63) is 23.0 Å². The Morgan fingerprint density at radius 2 is 2.18 bits per heavy atom. The number of thiol groups is 1. The van der Waals surface area contributed by atoms with E-state index in [-0.39, 0.29) is 0 Å². The van der Waals surface area contributed by atoms with Crippen LogP contribution >= 0.6 is 24.2 Å². The molecule has 0 aliphatic rings. The van der Waals surface area contributed by atoms with Gasteiger partial charge in [0.2, 0.25) is 0 Å². The van der Waals surface area contributed by atoms with Crippen molar-refractivity contribution in [2.24, 2.45) is 0 Å². The molecule has 0 aromatic carbocycles. The van der Waals surface area contributed by atoms with Gasteiger partial charge in [0.05, 0.1) is 0 Å². The summed E-state index contributed by atoms with van der Waals surface area (Å²) in [6.07, 6.45) is 1.77. The van der Waals surface area contributed by atoms with E-state index in [1.54, 1.807) is 12.3 Å². The van der Waals surface area contributed by atoms with Gasteiger partial charge in [-0.05, 0) is 17.5 Å². The maximum atomic E-state index is 5.66. The number of nitrogens with zero attached hydrogens (tertiary/aromatic N) is 1. The molecule has 3 heteroatoms. The predicted molar refractivity (Wildman–Crippen MR) is 50.6 cm³/mol. The average Bonchev–Trinajstić information content (AvgIpc) is 1.85. The number of rotatable bonds is 1. The first-order chi connectivity index (χ1) is 5.11. The lowest BCUT2D eigenvalue weighted by atomic mass is 10.1. The van der Waals surface area contributed by atoms with E-state index in [1.165, 1.54) is 0 Å². The summed E-state index contributed by atoms with van der Waals surface area (Å²) in [5, 5.41) is 0.499.